The van der Waals surface area contributed by atoms with E-state index in [9.17, 15) is 0 Å². The number of terminal acetylenes is 1. The molecule has 0 radical (unpaired) electrons. The number of hydrogen-bond donors (Lipinski definition) is 0. The highest BCUT2D eigenvalue weighted by Gasteiger charge is 2.29. The molecule has 17 heavy (non-hydrogen) atoms. The molecule has 0 aromatic rings. The zero-order valence-corrected chi connectivity index (χ0v) is 11.7. The molecule has 0 aliphatic heterocycles. The number of rotatable bonds is 9. The lowest BCUT2D eigenvalue weighted by Gasteiger charge is -2.32. The van der Waals surface area contributed by atoms with Crippen LogP contribution in [0.5, 0.6) is 0 Å². The summed E-state index contributed by atoms with van der Waals surface area (Å²) >= 11 is 0. The van der Waals surface area contributed by atoms with E-state index in [0.717, 1.165) is 6.42 Å². The summed E-state index contributed by atoms with van der Waals surface area (Å²) in [5.41, 5.74) is -0.134. The van der Waals surface area contributed by atoms with E-state index in [1.165, 1.54) is 0 Å². The Morgan fingerprint density at radius 2 is 1.65 bits per heavy atom. The van der Waals surface area contributed by atoms with Crippen molar-refractivity contribution in [3.8, 4) is 12.3 Å². The van der Waals surface area contributed by atoms with Gasteiger partial charge in [0, 0.05) is 11.8 Å². The second-order valence-corrected chi connectivity index (χ2v) is 5.09. The lowest BCUT2D eigenvalue weighted by Crippen LogP contribution is -2.34. The molecule has 0 unspecified atom stereocenters. The molecule has 0 saturated heterocycles. The quantitative estimate of drug-likeness (QED) is 0.452. The molecule has 0 amide bonds. The fourth-order valence-electron chi connectivity index (χ4n) is 1.54. The molecule has 0 aromatic heterocycles. The average molecular weight is 238 g/mol. The standard InChI is InChI=1S/C15H26O2/c1-7-9-15(10-8-2,11-16-13(3)4)12-17-14(5)6/h1,8,13-14H,2,9-12H2,3-6H3. The van der Waals surface area contributed by atoms with E-state index >= 15 is 0 Å². The van der Waals surface area contributed by atoms with Crippen molar-refractivity contribution in [2.24, 2.45) is 5.41 Å². The van der Waals surface area contributed by atoms with E-state index in [0.29, 0.717) is 19.6 Å². The van der Waals surface area contributed by atoms with Gasteiger partial charge < -0.3 is 9.47 Å². The molecule has 0 bridgehead atoms. The summed E-state index contributed by atoms with van der Waals surface area (Å²) in [6.45, 7) is 13.1. The van der Waals surface area contributed by atoms with E-state index in [2.05, 4.69) is 12.5 Å². The monoisotopic (exact) mass is 238 g/mol. The van der Waals surface area contributed by atoms with Crippen LogP contribution in [0.3, 0.4) is 0 Å². The van der Waals surface area contributed by atoms with Gasteiger partial charge in [-0.3, -0.25) is 0 Å². The van der Waals surface area contributed by atoms with Gasteiger partial charge in [0.1, 0.15) is 0 Å². The molecule has 0 N–H and O–H groups in total. The molecular formula is C15H26O2. The third kappa shape index (κ3) is 7.20. The summed E-state index contributed by atoms with van der Waals surface area (Å²) in [6, 6.07) is 0. The first-order valence-electron chi connectivity index (χ1n) is 6.23. The summed E-state index contributed by atoms with van der Waals surface area (Å²) in [5.74, 6) is 2.73. The summed E-state index contributed by atoms with van der Waals surface area (Å²) in [7, 11) is 0. The Balaban J connectivity index is 4.59. The van der Waals surface area contributed by atoms with Gasteiger partial charge in [-0.15, -0.1) is 18.9 Å². The van der Waals surface area contributed by atoms with Gasteiger partial charge in [-0.1, -0.05) is 6.08 Å². The smallest absolute Gasteiger partial charge is 0.0560 e. The average Bonchev–Trinajstić information content (AvgIpc) is 2.24. The van der Waals surface area contributed by atoms with Crippen LogP contribution in [0.15, 0.2) is 12.7 Å². The summed E-state index contributed by atoms with van der Waals surface area (Å²) in [6.07, 6.45) is 9.23. The van der Waals surface area contributed by atoms with Crippen molar-refractivity contribution in [3.63, 3.8) is 0 Å². The summed E-state index contributed by atoms with van der Waals surface area (Å²) in [4.78, 5) is 0. The summed E-state index contributed by atoms with van der Waals surface area (Å²) < 4.78 is 11.4. The maximum Gasteiger partial charge on any atom is 0.0560 e. The Bertz CT molecular complexity index is 236. The van der Waals surface area contributed by atoms with Gasteiger partial charge in [0.15, 0.2) is 0 Å². The third-order valence-corrected chi connectivity index (χ3v) is 2.50. The highest BCUT2D eigenvalue weighted by atomic mass is 16.5. The normalized spacial score (nSPS) is 11.8. The largest absolute Gasteiger partial charge is 0.378 e. The number of ether oxygens (including phenoxy) is 2. The van der Waals surface area contributed by atoms with E-state index < -0.39 is 0 Å². The Morgan fingerprint density at radius 3 is 1.94 bits per heavy atom. The lowest BCUT2D eigenvalue weighted by atomic mass is 9.83. The van der Waals surface area contributed by atoms with Crippen molar-refractivity contribution in [2.75, 3.05) is 13.2 Å². The first kappa shape index (κ1) is 16.2. The van der Waals surface area contributed by atoms with Crippen LogP contribution in [-0.2, 0) is 9.47 Å². The van der Waals surface area contributed by atoms with Crippen molar-refractivity contribution < 1.29 is 9.47 Å². The van der Waals surface area contributed by atoms with Crippen LogP contribution < -0.4 is 0 Å². The van der Waals surface area contributed by atoms with Crippen LogP contribution in [0.4, 0.5) is 0 Å². The molecule has 0 atom stereocenters. The van der Waals surface area contributed by atoms with Gasteiger partial charge in [-0.2, -0.15) is 0 Å². The number of allylic oxidation sites excluding steroid dienone is 1. The van der Waals surface area contributed by atoms with Crippen LogP contribution in [0, 0.1) is 17.8 Å². The Hall–Kier alpha value is -0.780. The predicted molar refractivity (Wildman–Crippen MR) is 72.9 cm³/mol. The van der Waals surface area contributed by atoms with E-state index in [1.807, 2.05) is 33.8 Å². The molecule has 2 nitrogen and oxygen atoms in total. The molecule has 0 rings (SSSR count). The zero-order valence-electron chi connectivity index (χ0n) is 11.7. The Kier molecular flexibility index (Phi) is 7.95. The van der Waals surface area contributed by atoms with Crippen LogP contribution >= 0.6 is 0 Å². The van der Waals surface area contributed by atoms with Gasteiger partial charge in [0.25, 0.3) is 0 Å². The third-order valence-electron chi connectivity index (χ3n) is 2.50. The Morgan fingerprint density at radius 1 is 1.18 bits per heavy atom. The van der Waals surface area contributed by atoms with Crippen LogP contribution in [0.1, 0.15) is 40.5 Å². The topological polar surface area (TPSA) is 18.5 Å². The Labute approximate surface area is 106 Å². The van der Waals surface area contributed by atoms with Crippen molar-refractivity contribution in [2.45, 2.75) is 52.7 Å². The first-order valence-corrected chi connectivity index (χ1v) is 6.23. The molecule has 0 saturated carbocycles. The molecule has 0 aromatic carbocycles. The highest BCUT2D eigenvalue weighted by molar-refractivity contribution is 4.98. The van der Waals surface area contributed by atoms with Gasteiger partial charge in [0.05, 0.1) is 25.4 Å². The van der Waals surface area contributed by atoms with Gasteiger partial charge in [-0.05, 0) is 34.1 Å². The van der Waals surface area contributed by atoms with Gasteiger partial charge >= 0.3 is 0 Å². The van der Waals surface area contributed by atoms with Gasteiger partial charge in [-0.25, -0.2) is 0 Å². The molecule has 2 heteroatoms. The predicted octanol–water partition coefficient (Wildman–Crippen LogP) is 3.42. The van der Waals surface area contributed by atoms with Crippen molar-refractivity contribution >= 4 is 0 Å². The minimum absolute atomic E-state index is 0.134. The minimum atomic E-state index is -0.134. The van der Waals surface area contributed by atoms with Gasteiger partial charge in [0.2, 0.25) is 0 Å². The lowest BCUT2D eigenvalue weighted by molar-refractivity contribution is -0.0526. The fourth-order valence-corrected chi connectivity index (χ4v) is 1.54. The van der Waals surface area contributed by atoms with Crippen molar-refractivity contribution in [3.05, 3.63) is 12.7 Å². The molecule has 0 aliphatic rings. The zero-order chi connectivity index (χ0) is 13.3. The second-order valence-electron chi connectivity index (χ2n) is 5.09. The maximum absolute atomic E-state index is 5.72. The molecule has 0 fully saturated rings. The van der Waals surface area contributed by atoms with E-state index in [-0.39, 0.29) is 17.6 Å². The molecule has 0 heterocycles. The van der Waals surface area contributed by atoms with E-state index in [1.54, 1.807) is 0 Å². The molecule has 0 aliphatic carbocycles. The first-order chi connectivity index (χ1) is 7.95. The fraction of sp³-hybridized carbons (Fsp3) is 0.733. The maximum atomic E-state index is 5.72. The van der Waals surface area contributed by atoms with E-state index in [4.69, 9.17) is 15.9 Å². The van der Waals surface area contributed by atoms with Crippen molar-refractivity contribution in [1.29, 1.82) is 0 Å². The minimum Gasteiger partial charge on any atom is -0.378 e. The summed E-state index contributed by atoms with van der Waals surface area (Å²) in [5, 5.41) is 0. The molecule has 98 valence electrons. The highest BCUT2D eigenvalue weighted by Crippen LogP contribution is 2.29. The van der Waals surface area contributed by atoms with Crippen LogP contribution in [-0.4, -0.2) is 25.4 Å². The SMILES string of the molecule is C#CCC(CC=C)(COC(C)C)COC(C)C. The van der Waals surface area contributed by atoms with Crippen LogP contribution in [0.2, 0.25) is 0 Å². The number of hydrogen-bond acceptors (Lipinski definition) is 2. The molecular weight excluding hydrogens is 212 g/mol. The second kappa shape index (κ2) is 8.33. The molecule has 0 spiro atoms. The van der Waals surface area contributed by atoms with Crippen molar-refractivity contribution in [1.82, 2.24) is 0 Å². The van der Waals surface area contributed by atoms with Crippen LogP contribution in [0.25, 0.3) is 0 Å².